The molecular weight excluding hydrogens is 394 g/mol. The molecule has 2 saturated heterocycles. The van der Waals surface area contributed by atoms with E-state index in [2.05, 4.69) is 21.4 Å². The van der Waals surface area contributed by atoms with Gasteiger partial charge in [-0.15, -0.1) is 0 Å². The summed E-state index contributed by atoms with van der Waals surface area (Å²) in [6.07, 6.45) is 6.93. The standard InChI is InChI=1S/C23H25N5O3/c24-15-22(16-1-2-16)6-10-28(21(22)29)18-5-9-25-20(13-18)27-19-4-3-17(14-26-19)23(30)7-11-31-12-8-23/h3-5,9,13-14,16,30H,1-2,6-8,10-12H2,(H,25,26,27)/t22-/m1/s1. The monoisotopic (exact) mass is 419 g/mol. The van der Waals surface area contributed by atoms with Gasteiger partial charge in [0.15, 0.2) is 0 Å². The van der Waals surface area contributed by atoms with Crippen molar-refractivity contribution in [2.75, 3.05) is 30.0 Å². The van der Waals surface area contributed by atoms with Crippen molar-refractivity contribution >= 4 is 23.2 Å². The molecule has 2 aromatic rings. The maximum Gasteiger partial charge on any atom is 0.247 e. The average molecular weight is 419 g/mol. The van der Waals surface area contributed by atoms with Crippen LogP contribution < -0.4 is 10.2 Å². The summed E-state index contributed by atoms with van der Waals surface area (Å²) in [6, 6.07) is 9.59. The minimum atomic E-state index is -0.896. The number of aromatic nitrogens is 2. The molecule has 1 atom stereocenters. The topological polar surface area (TPSA) is 111 Å². The van der Waals surface area contributed by atoms with Gasteiger partial charge in [-0.3, -0.25) is 4.79 Å². The van der Waals surface area contributed by atoms with Gasteiger partial charge in [0.25, 0.3) is 0 Å². The summed E-state index contributed by atoms with van der Waals surface area (Å²) in [5, 5.41) is 23.7. The summed E-state index contributed by atoms with van der Waals surface area (Å²) in [5.41, 5.74) is -0.252. The second-order valence-electron chi connectivity index (χ2n) is 8.66. The highest BCUT2D eigenvalue weighted by molar-refractivity contribution is 6.02. The summed E-state index contributed by atoms with van der Waals surface area (Å²) in [6.45, 7) is 1.62. The first kappa shape index (κ1) is 19.9. The number of carbonyl (C=O) groups is 1. The van der Waals surface area contributed by atoms with Crippen LogP contribution >= 0.6 is 0 Å². The number of anilines is 3. The molecule has 0 unspecified atom stereocenters. The molecule has 1 aliphatic carbocycles. The maximum atomic E-state index is 13.0. The first-order valence-corrected chi connectivity index (χ1v) is 10.8. The fourth-order valence-electron chi connectivity index (χ4n) is 4.66. The molecule has 0 aromatic carbocycles. The lowest BCUT2D eigenvalue weighted by Crippen LogP contribution is -2.35. The number of aliphatic hydroxyl groups is 1. The number of nitrogens with one attached hydrogen (secondary N) is 1. The van der Waals surface area contributed by atoms with Crippen LogP contribution in [0.5, 0.6) is 0 Å². The van der Waals surface area contributed by atoms with Crippen LogP contribution in [0.1, 0.15) is 37.7 Å². The Kier molecular flexibility index (Phi) is 4.88. The SMILES string of the molecule is N#C[C@@]1(C2CC2)CCN(c2ccnc(Nc3ccc(C4(O)CCOCC4)cn3)c2)C1=O. The summed E-state index contributed by atoms with van der Waals surface area (Å²) >= 11 is 0. The van der Waals surface area contributed by atoms with Gasteiger partial charge < -0.3 is 20.1 Å². The predicted molar refractivity (Wildman–Crippen MR) is 113 cm³/mol. The predicted octanol–water partition coefficient (Wildman–Crippen LogP) is 2.87. The maximum absolute atomic E-state index is 13.0. The molecule has 2 aromatic heterocycles. The molecule has 0 spiro atoms. The normalized spacial score (nSPS) is 25.3. The summed E-state index contributed by atoms with van der Waals surface area (Å²) in [5.74, 6) is 1.27. The van der Waals surface area contributed by atoms with Crippen LogP contribution in [0, 0.1) is 22.7 Å². The number of rotatable bonds is 5. The van der Waals surface area contributed by atoms with Crippen molar-refractivity contribution in [2.24, 2.45) is 11.3 Å². The molecule has 5 rings (SSSR count). The summed E-state index contributed by atoms with van der Waals surface area (Å²) < 4.78 is 5.34. The van der Waals surface area contributed by atoms with E-state index in [1.54, 1.807) is 29.4 Å². The Morgan fingerprint density at radius 3 is 2.65 bits per heavy atom. The largest absolute Gasteiger partial charge is 0.385 e. The van der Waals surface area contributed by atoms with E-state index in [9.17, 15) is 15.2 Å². The zero-order chi connectivity index (χ0) is 21.5. The lowest BCUT2D eigenvalue weighted by molar-refractivity contribution is -0.123. The third kappa shape index (κ3) is 3.54. The van der Waals surface area contributed by atoms with E-state index in [0.717, 1.165) is 24.1 Å². The molecule has 0 bridgehead atoms. The van der Waals surface area contributed by atoms with Gasteiger partial charge in [0.2, 0.25) is 5.91 Å². The molecule has 3 aliphatic rings. The number of nitrogens with zero attached hydrogens (tertiary/aromatic N) is 4. The lowest BCUT2D eigenvalue weighted by Gasteiger charge is -2.32. The van der Waals surface area contributed by atoms with Crippen molar-refractivity contribution in [3.8, 4) is 6.07 Å². The second-order valence-corrected chi connectivity index (χ2v) is 8.66. The summed E-state index contributed by atoms with van der Waals surface area (Å²) in [7, 11) is 0. The van der Waals surface area contributed by atoms with Crippen molar-refractivity contribution in [3.05, 3.63) is 42.2 Å². The molecular formula is C23H25N5O3. The van der Waals surface area contributed by atoms with E-state index in [-0.39, 0.29) is 11.8 Å². The molecule has 160 valence electrons. The van der Waals surface area contributed by atoms with Crippen LogP contribution in [0.15, 0.2) is 36.7 Å². The Bertz CT molecular complexity index is 1020. The van der Waals surface area contributed by atoms with Gasteiger partial charge in [-0.05, 0) is 37.3 Å². The Morgan fingerprint density at radius 2 is 1.97 bits per heavy atom. The van der Waals surface area contributed by atoms with Crippen LogP contribution in [0.25, 0.3) is 0 Å². The molecule has 4 heterocycles. The van der Waals surface area contributed by atoms with Gasteiger partial charge in [-0.25, -0.2) is 9.97 Å². The highest BCUT2D eigenvalue weighted by Crippen LogP contribution is 2.51. The fraction of sp³-hybridized carbons (Fsp3) is 0.478. The van der Waals surface area contributed by atoms with Gasteiger partial charge in [0, 0.05) is 62.3 Å². The van der Waals surface area contributed by atoms with Gasteiger partial charge in [0.1, 0.15) is 17.1 Å². The van der Waals surface area contributed by atoms with Crippen molar-refractivity contribution in [1.29, 1.82) is 5.26 Å². The van der Waals surface area contributed by atoms with Gasteiger partial charge in [-0.2, -0.15) is 5.26 Å². The van der Waals surface area contributed by atoms with E-state index >= 15 is 0 Å². The Hall–Kier alpha value is -3.02. The molecule has 8 heteroatoms. The van der Waals surface area contributed by atoms with Gasteiger partial charge in [-0.1, -0.05) is 6.07 Å². The number of amides is 1. The minimum absolute atomic E-state index is 0.0955. The number of hydrogen-bond acceptors (Lipinski definition) is 7. The average Bonchev–Trinajstić information content (AvgIpc) is 3.59. The molecule has 8 nitrogen and oxygen atoms in total. The van der Waals surface area contributed by atoms with E-state index in [1.165, 1.54) is 0 Å². The van der Waals surface area contributed by atoms with E-state index in [4.69, 9.17) is 4.74 Å². The molecule has 2 aliphatic heterocycles. The quantitative estimate of drug-likeness (QED) is 0.766. The zero-order valence-corrected chi connectivity index (χ0v) is 17.3. The fourth-order valence-corrected chi connectivity index (χ4v) is 4.66. The molecule has 31 heavy (non-hydrogen) atoms. The van der Waals surface area contributed by atoms with Gasteiger partial charge in [0.05, 0.1) is 11.7 Å². The van der Waals surface area contributed by atoms with Crippen LogP contribution in [0.3, 0.4) is 0 Å². The molecule has 0 radical (unpaired) electrons. The van der Waals surface area contributed by atoms with E-state index in [1.807, 2.05) is 12.1 Å². The molecule has 1 amide bonds. The number of pyridine rings is 2. The number of hydrogen-bond donors (Lipinski definition) is 2. The van der Waals surface area contributed by atoms with Crippen molar-refractivity contribution in [3.63, 3.8) is 0 Å². The van der Waals surface area contributed by atoms with E-state index in [0.29, 0.717) is 50.7 Å². The second kappa shape index (κ2) is 7.59. The Balaban J connectivity index is 1.31. The minimum Gasteiger partial charge on any atom is -0.385 e. The number of ether oxygens (including phenoxy) is 1. The third-order valence-electron chi connectivity index (χ3n) is 6.76. The molecule has 1 saturated carbocycles. The van der Waals surface area contributed by atoms with Crippen LogP contribution in [-0.2, 0) is 15.1 Å². The number of carbonyl (C=O) groups excluding carboxylic acids is 1. The van der Waals surface area contributed by atoms with Crippen LogP contribution in [-0.4, -0.2) is 40.7 Å². The van der Waals surface area contributed by atoms with E-state index < -0.39 is 11.0 Å². The first-order valence-electron chi connectivity index (χ1n) is 10.8. The zero-order valence-electron chi connectivity index (χ0n) is 17.3. The molecule has 2 N–H and O–H groups in total. The van der Waals surface area contributed by atoms with Crippen molar-refractivity contribution < 1.29 is 14.6 Å². The highest BCUT2D eigenvalue weighted by Gasteiger charge is 2.56. The molecule has 3 fully saturated rings. The Morgan fingerprint density at radius 1 is 1.16 bits per heavy atom. The first-order chi connectivity index (χ1) is 15.0. The summed E-state index contributed by atoms with van der Waals surface area (Å²) in [4.78, 5) is 23.5. The third-order valence-corrected chi connectivity index (χ3v) is 6.76. The van der Waals surface area contributed by atoms with Crippen LogP contribution in [0.4, 0.5) is 17.3 Å². The van der Waals surface area contributed by atoms with Crippen molar-refractivity contribution in [2.45, 2.75) is 37.7 Å². The van der Waals surface area contributed by atoms with Gasteiger partial charge >= 0.3 is 0 Å². The Labute approximate surface area is 180 Å². The number of nitriles is 1. The van der Waals surface area contributed by atoms with Crippen molar-refractivity contribution in [1.82, 2.24) is 9.97 Å². The smallest absolute Gasteiger partial charge is 0.247 e. The highest BCUT2D eigenvalue weighted by atomic mass is 16.5. The van der Waals surface area contributed by atoms with Crippen LogP contribution in [0.2, 0.25) is 0 Å². The lowest BCUT2D eigenvalue weighted by atomic mass is 9.83.